The van der Waals surface area contributed by atoms with Crippen LogP contribution >= 0.6 is 0 Å². The average molecular weight is 458 g/mol. The van der Waals surface area contributed by atoms with E-state index < -0.39 is 11.7 Å². The average Bonchev–Trinajstić information content (AvgIpc) is 2.75. The lowest BCUT2D eigenvalue weighted by molar-refractivity contribution is -0.123. The number of hydrogen-bond acceptors (Lipinski definition) is 6. The number of nitrogens with one attached hydrogen (secondary N) is 3. The number of alkyl carbamates (subject to hydrolysis) is 1. The van der Waals surface area contributed by atoms with Gasteiger partial charge in [-0.15, -0.1) is 0 Å². The molecule has 0 unspecified atom stereocenters. The molecule has 0 aromatic heterocycles. The van der Waals surface area contributed by atoms with Crippen molar-refractivity contribution < 1.29 is 28.6 Å². The molecule has 0 atom stereocenters. The molecule has 3 amide bonds. The minimum atomic E-state index is -0.595. The van der Waals surface area contributed by atoms with Crippen molar-refractivity contribution in [1.82, 2.24) is 10.6 Å². The van der Waals surface area contributed by atoms with E-state index in [2.05, 4.69) is 16.0 Å². The number of methoxy groups -OCH3 is 1. The van der Waals surface area contributed by atoms with E-state index in [4.69, 9.17) is 14.2 Å². The second kappa shape index (κ2) is 12.3. The number of para-hydroxylation sites is 2. The molecule has 2 rings (SSSR count). The number of benzene rings is 2. The molecule has 33 heavy (non-hydrogen) atoms. The molecule has 0 saturated carbocycles. The molecule has 0 bridgehead atoms. The molecule has 3 N–H and O–H groups in total. The summed E-state index contributed by atoms with van der Waals surface area (Å²) in [5.74, 6) is 0.497. The van der Waals surface area contributed by atoms with Gasteiger partial charge in [0.05, 0.1) is 7.11 Å². The summed E-state index contributed by atoms with van der Waals surface area (Å²) in [4.78, 5) is 35.9. The van der Waals surface area contributed by atoms with Gasteiger partial charge >= 0.3 is 6.09 Å². The second-order valence-corrected chi connectivity index (χ2v) is 8.14. The smallest absolute Gasteiger partial charge is 0.407 e. The molecule has 9 heteroatoms. The van der Waals surface area contributed by atoms with E-state index in [0.717, 1.165) is 5.56 Å². The molecule has 0 radical (unpaired) electrons. The van der Waals surface area contributed by atoms with Crippen LogP contribution in [0.4, 0.5) is 10.5 Å². The molecular formula is C24H31N3O6. The molecule has 0 aliphatic heterocycles. The van der Waals surface area contributed by atoms with Crippen LogP contribution in [0.1, 0.15) is 32.8 Å². The zero-order chi connectivity index (χ0) is 24.3. The minimum Gasteiger partial charge on any atom is -0.493 e. The second-order valence-electron chi connectivity index (χ2n) is 8.14. The highest BCUT2D eigenvalue weighted by Crippen LogP contribution is 2.25. The van der Waals surface area contributed by atoms with Gasteiger partial charge in [0.2, 0.25) is 5.91 Å². The van der Waals surface area contributed by atoms with Crippen LogP contribution in [0, 0.1) is 0 Å². The van der Waals surface area contributed by atoms with E-state index in [-0.39, 0.29) is 37.9 Å². The molecule has 0 fully saturated rings. The predicted molar refractivity (Wildman–Crippen MR) is 124 cm³/mol. The van der Waals surface area contributed by atoms with Crippen LogP contribution in [0.15, 0.2) is 48.5 Å². The lowest BCUT2D eigenvalue weighted by atomic mass is 10.2. The number of anilines is 1. The third kappa shape index (κ3) is 9.94. The number of carbonyl (C=O) groups excluding carboxylic acids is 3. The molecule has 0 spiro atoms. The lowest BCUT2D eigenvalue weighted by Crippen LogP contribution is -2.34. The van der Waals surface area contributed by atoms with Crippen LogP contribution in [-0.2, 0) is 20.9 Å². The van der Waals surface area contributed by atoms with Crippen LogP contribution in [0.2, 0.25) is 0 Å². The summed E-state index contributed by atoms with van der Waals surface area (Å²) >= 11 is 0. The van der Waals surface area contributed by atoms with Crippen molar-refractivity contribution in [1.29, 1.82) is 0 Å². The standard InChI is InChI=1S/C24H31N3O6/c1-24(2,3)33-23(30)25-13-12-21(28)27-18-9-7-8-17(14-18)15-26-22(29)16-32-20-11-6-5-10-19(20)31-4/h5-11,14H,12-13,15-16H2,1-4H3,(H,25,30)(H,26,29)(H,27,28). The summed E-state index contributed by atoms with van der Waals surface area (Å²) in [6.07, 6.45) is -0.469. The number of carbonyl (C=O) groups is 3. The molecular weight excluding hydrogens is 426 g/mol. The Labute approximate surface area is 193 Å². The van der Waals surface area contributed by atoms with Gasteiger partial charge in [-0.05, 0) is 50.6 Å². The predicted octanol–water partition coefficient (Wildman–Crippen LogP) is 3.24. The number of rotatable bonds is 10. The van der Waals surface area contributed by atoms with Crippen molar-refractivity contribution in [2.75, 3.05) is 25.6 Å². The van der Waals surface area contributed by atoms with Gasteiger partial charge in [-0.2, -0.15) is 0 Å². The number of ether oxygens (including phenoxy) is 3. The van der Waals surface area contributed by atoms with Crippen LogP contribution in [-0.4, -0.2) is 43.8 Å². The van der Waals surface area contributed by atoms with Gasteiger partial charge in [0.15, 0.2) is 18.1 Å². The molecule has 0 saturated heterocycles. The lowest BCUT2D eigenvalue weighted by Gasteiger charge is -2.19. The van der Waals surface area contributed by atoms with Gasteiger partial charge in [-0.3, -0.25) is 9.59 Å². The van der Waals surface area contributed by atoms with E-state index in [1.54, 1.807) is 57.2 Å². The monoisotopic (exact) mass is 457 g/mol. The maximum atomic E-state index is 12.1. The number of amides is 3. The highest BCUT2D eigenvalue weighted by molar-refractivity contribution is 5.91. The van der Waals surface area contributed by atoms with Crippen molar-refractivity contribution in [3.8, 4) is 11.5 Å². The maximum Gasteiger partial charge on any atom is 0.407 e. The third-order valence-corrected chi connectivity index (χ3v) is 4.15. The highest BCUT2D eigenvalue weighted by Gasteiger charge is 2.16. The van der Waals surface area contributed by atoms with Gasteiger partial charge in [0.1, 0.15) is 5.60 Å². The molecule has 178 valence electrons. The van der Waals surface area contributed by atoms with Gasteiger partial charge < -0.3 is 30.2 Å². The summed E-state index contributed by atoms with van der Waals surface area (Å²) in [6.45, 7) is 5.58. The van der Waals surface area contributed by atoms with Gasteiger partial charge in [0, 0.05) is 25.2 Å². The Morgan fingerprint density at radius 2 is 1.64 bits per heavy atom. The Hall–Kier alpha value is -3.75. The Balaban J connectivity index is 1.74. The molecule has 2 aromatic carbocycles. The zero-order valence-electron chi connectivity index (χ0n) is 19.4. The molecule has 2 aromatic rings. The Kier molecular flexibility index (Phi) is 9.53. The van der Waals surface area contributed by atoms with Gasteiger partial charge in [0.25, 0.3) is 5.91 Å². The molecule has 0 aliphatic carbocycles. The van der Waals surface area contributed by atoms with E-state index in [1.165, 1.54) is 7.11 Å². The van der Waals surface area contributed by atoms with Gasteiger partial charge in [-0.1, -0.05) is 24.3 Å². The first-order valence-electron chi connectivity index (χ1n) is 10.5. The van der Waals surface area contributed by atoms with Gasteiger partial charge in [-0.25, -0.2) is 4.79 Å². The summed E-state index contributed by atoms with van der Waals surface area (Å²) in [7, 11) is 1.53. The normalized spacial score (nSPS) is 10.7. The van der Waals surface area contributed by atoms with E-state index >= 15 is 0 Å². The Morgan fingerprint density at radius 3 is 2.33 bits per heavy atom. The van der Waals surface area contributed by atoms with Crippen molar-refractivity contribution in [2.24, 2.45) is 0 Å². The van der Waals surface area contributed by atoms with E-state index in [0.29, 0.717) is 17.2 Å². The maximum absolute atomic E-state index is 12.1. The first-order valence-corrected chi connectivity index (χ1v) is 10.5. The van der Waals surface area contributed by atoms with E-state index in [1.807, 2.05) is 12.1 Å². The largest absolute Gasteiger partial charge is 0.493 e. The summed E-state index contributed by atoms with van der Waals surface area (Å²) in [6, 6.07) is 14.2. The summed E-state index contributed by atoms with van der Waals surface area (Å²) in [5.41, 5.74) is 0.808. The van der Waals surface area contributed by atoms with Crippen molar-refractivity contribution in [2.45, 2.75) is 39.3 Å². The van der Waals surface area contributed by atoms with Crippen LogP contribution in [0.5, 0.6) is 11.5 Å². The van der Waals surface area contributed by atoms with Crippen LogP contribution in [0.3, 0.4) is 0 Å². The minimum absolute atomic E-state index is 0.0977. The van der Waals surface area contributed by atoms with Crippen LogP contribution in [0.25, 0.3) is 0 Å². The van der Waals surface area contributed by atoms with Crippen molar-refractivity contribution in [3.63, 3.8) is 0 Å². The molecule has 9 nitrogen and oxygen atoms in total. The Morgan fingerprint density at radius 1 is 0.909 bits per heavy atom. The molecule has 0 heterocycles. The Bertz CT molecular complexity index is 955. The molecule has 0 aliphatic rings. The fraction of sp³-hybridized carbons (Fsp3) is 0.375. The van der Waals surface area contributed by atoms with Crippen molar-refractivity contribution >= 4 is 23.6 Å². The highest BCUT2D eigenvalue weighted by atomic mass is 16.6. The topological polar surface area (TPSA) is 115 Å². The fourth-order valence-corrected chi connectivity index (χ4v) is 2.71. The first kappa shape index (κ1) is 25.5. The zero-order valence-corrected chi connectivity index (χ0v) is 19.4. The SMILES string of the molecule is COc1ccccc1OCC(=O)NCc1cccc(NC(=O)CCNC(=O)OC(C)(C)C)c1. The third-order valence-electron chi connectivity index (χ3n) is 4.15. The fourth-order valence-electron chi connectivity index (χ4n) is 2.71. The summed E-state index contributed by atoms with van der Waals surface area (Å²) in [5, 5.41) is 8.08. The van der Waals surface area contributed by atoms with Crippen LogP contribution < -0.4 is 25.4 Å². The van der Waals surface area contributed by atoms with Crippen molar-refractivity contribution in [3.05, 3.63) is 54.1 Å². The number of hydrogen-bond donors (Lipinski definition) is 3. The quantitative estimate of drug-likeness (QED) is 0.505. The summed E-state index contributed by atoms with van der Waals surface area (Å²) < 4.78 is 15.8. The first-order chi connectivity index (χ1) is 15.7. The van der Waals surface area contributed by atoms with E-state index in [9.17, 15) is 14.4 Å².